The number of benzene rings is 1. The zero-order chi connectivity index (χ0) is 24.1. The van der Waals surface area contributed by atoms with Gasteiger partial charge in [-0.15, -0.1) is 11.3 Å². The van der Waals surface area contributed by atoms with Gasteiger partial charge in [0.2, 0.25) is 11.8 Å². The number of aryl methyl sites for hydroxylation is 1. The van der Waals surface area contributed by atoms with Gasteiger partial charge in [-0.05, 0) is 65.8 Å². The number of thiophene rings is 1. The number of pyridine rings is 1. The van der Waals surface area contributed by atoms with Crippen molar-refractivity contribution < 1.29 is 18.4 Å². The molecule has 3 heterocycles. The van der Waals surface area contributed by atoms with E-state index in [1.807, 2.05) is 24.4 Å². The molecule has 0 atom stereocenters. The molecule has 0 fully saturated rings. The number of rotatable bonds is 6. The molecule has 0 saturated heterocycles. The number of nitrogens with zero attached hydrogens (tertiary/aromatic N) is 2. The van der Waals surface area contributed by atoms with E-state index >= 15 is 0 Å². The molecule has 4 rings (SSSR count). The highest BCUT2D eigenvalue weighted by atomic mass is 32.1. The lowest BCUT2D eigenvalue weighted by Gasteiger charge is -2.29. The van der Waals surface area contributed by atoms with Gasteiger partial charge in [-0.3, -0.25) is 14.6 Å². The number of carbonyl (C=O) groups is 2. The third kappa shape index (κ3) is 5.46. The normalized spacial score (nSPS) is 13.4. The molecule has 0 aliphatic carbocycles. The first kappa shape index (κ1) is 23.5. The number of amides is 2. The molecule has 1 aromatic carbocycles. The molecular weight excluding hydrogens is 456 g/mol. The summed E-state index contributed by atoms with van der Waals surface area (Å²) >= 11 is 1.56. The SMILES string of the molecule is Cc1ncc2c(c1CNC(=O)C=Cc1cccs1)CCN(C(=O)C=Cc1c(F)cccc1F)C2. The van der Waals surface area contributed by atoms with Crippen LogP contribution in [-0.2, 0) is 29.1 Å². The highest BCUT2D eigenvalue weighted by molar-refractivity contribution is 7.10. The van der Waals surface area contributed by atoms with Crippen molar-refractivity contribution >= 4 is 35.3 Å². The van der Waals surface area contributed by atoms with Gasteiger partial charge in [0.15, 0.2) is 0 Å². The van der Waals surface area contributed by atoms with Gasteiger partial charge in [0.05, 0.1) is 0 Å². The first-order chi connectivity index (χ1) is 16.4. The summed E-state index contributed by atoms with van der Waals surface area (Å²) in [5.74, 6) is -1.96. The minimum Gasteiger partial charge on any atom is -0.348 e. The van der Waals surface area contributed by atoms with Crippen molar-refractivity contribution in [2.75, 3.05) is 6.54 Å². The number of carbonyl (C=O) groups excluding carboxylic acids is 2. The first-order valence-electron chi connectivity index (χ1n) is 10.8. The van der Waals surface area contributed by atoms with Crippen molar-refractivity contribution in [1.29, 1.82) is 0 Å². The maximum atomic E-state index is 13.8. The molecule has 0 spiro atoms. The van der Waals surface area contributed by atoms with Crippen LogP contribution in [-0.4, -0.2) is 28.2 Å². The fourth-order valence-electron chi connectivity index (χ4n) is 3.85. The van der Waals surface area contributed by atoms with Gasteiger partial charge in [0, 0.05) is 54.1 Å². The van der Waals surface area contributed by atoms with E-state index in [0.29, 0.717) is 26.1 Å². The molecule has 174 valence electrons. The summed E-state index contributed by atoms with van der Waals surface area (Å²) in [5.41, 5.74) is 3.51. The third-order valence-corrected chi connectivity index (χ3v) is 6.52. The summed E-state index contributed by atoms with van der Waals surface area (Å²) in [6.45, 7) is 3.03. The van der Waals surface area contributed by atoms with Crippen LogP contribution in [0.2, 0.25) is 0 Å². The van der Waals surface area contributed by atoms with Crippen LogP contribution in [0.25, 0.3) is 12.2 Å². The summed E-state index contributed by atoms with van der Waals surface area (Å²) in [5, 5.41) is 4.86. The lowest BCUT2D eigenvalue weighted by molar-refractivity contribution is -0.126. The van der Waals surface area contributed by atoms with E-state index in [1.165, 1.54) is 24.3 Å². The molecule has 8 heteroatoms. The van der Waals surface area contributed by atoms with Gasteiger partial charge in [-0.2, -0.15) is 0 Å². The van der Waals surface area contributed by atoms with Gasteiger partial charge >= 0.3 is 0 Å². The van der Waals surface area contributed by atoms with Crippen LogP contribution in [0, 0.1) is 18.6 Å². The Kier molecular flexibility index (Phi) is 7.27. The lowest BCUT2D eigenvalue weighted by Crippen LogP contribution is -2.36. The van der Waals surface area contributed by atoms with Crippen LogP contribution in [0.3, 0.4) is 0 Å². The van der Waals surface area contributed by atoms with Crippen molar-refractivity contribution in [3.63, 3.8) is 0 Å². The molecule has 5 nitrogen and oxygen atoms in total. The topological polar surface area (TPSA) is 62.3 Å². The highest BCUT2D eigenvalue weighted by Crippen LogP contribution is 2.24. The van der Waals surface area contributed by atoms with Crippen LogP contribution < -0.4 is 5.32 Å². The molecule has 1 aliphatic heterocycles. The number of hydrogen-bond acceptors (Lipinski definition) is 4. The molecule has 0 saturated carbocycles. The number of aromatic nitrogens is 1. The van der Waals surface area contributed by atoms with Crippen molar-refractivity contribution in [3.05, 3.63) is 98.5 Å². The Morgan fingerprint density at radius 2 is 1.94 bits per heavy atom. The lowest BCUT2D eigenvalue weighted by atomic mass is 9.94. The minimum absolute atomic E-state index is 0.191. The molecule has 1 aliphatic rings. The second-order valence-corrected chi connectivity index (χ2v) is 8.85. The second kappa shape index (κ2) is 10.5. The van der Waals surface area contributed by atoms with Crippen LogP contribution in [0.5, 0.6) is 0 Å². The van der Waals surface area contributed by atoms with Crippen molar-refractivity contribution in [1.82, 2.24) is 15.2 Å². The van der Waals surface area contributed by atoms with Crippen molar-refractivity contribution in [2.45, 2.75) is 26.4 Å². The molecule has 2 amide bonds. The largest absolute Gasteiger partial charge is 0.348 e. The summed E-state index contributed by atoms with van der Waals surface area (Å²) in [4.78, 5) is 31.9. The van der Waals surface area contributed by atoms with E-state index < -0.39 is 11.6 Å². The number of fused-ring (bicyclic) bond motifs is 1. The summed E-state index contributed by atoms with van der Waals surface area (Å²) in [6.07, 6.45) is 7.98. The highest BCUT2D eigenvalue weighted by Gasteiger charge is 2.23. The quantitative estimate of drug-likeness (QED) is 0.523. The van der Waals surface area contributed by atoms with Gasteiger partial charge in [0.25, 0.3) is 0 Å². The predicted octanol–water partition coefficient (Wildman–Crippen LogP) is 4.66. The minimum atomic E-state index is -0.718. The maximum Gasteiger partial charge on any atom is 0.246 e. The van der Waals surface area contributed by atoms with Crippen LogP contribution in [0.1, 0.15) is 32.8 Å². The average molecular weight is 480 g/mol. The molecular formula is C26H23F2N3O2S. The average Bonchev–Trinajstić information content (AvgIpc) is 3.35. The Balaban J connectivity index is 1.42. The fraction of sp³-hybridized carbons (Fsp3) is 0.192. The Bertz CT molecular complexity index is 1250. The fourth-order valence-corrected chi connectivity index (χ4v) is 4.47. The molecule has 1 N–H and O–H groups in total. The Morgan fingerprint density at radius 3 is 2.68 bits per heavy atom. The van der Waals surface area contributed by atoms with Gasteiger partial charge in [0.1, 0.15) is 11.6 Å². The number of nitrogens with one attached hydrogen (secondary N) is 1. The Morgan fingerprint density at radius 1 is 1.15 bits per heavy atom. The van der Waals surface area contributed by atoms with Crippen molar-refractivity contribution in [3.8, 4) is 0 Å². The van der Waals surface area contributed by atoms with Crippen molar-refractivity contribution in [2.24, 2.45) is 0 Å². The molecule has 34 heavy (non-hydrogen) atoms. The van der Waals surface area contributed by atoms with E-state index in [0.717, 1.165) is 39.4 Å². The number of halogens is 2. The van der Waals surface area contributed by atoms with E-state index in [9.17, 15) is 18.4 Å². The van der Waals surface area contributed by atoms with E-state index in [-0.39, 0.29) is 17.4 Å². The molecule has 2 aromatic heterocycles. The number of hydrogen-bond donors (Lipinski definition) is 1. The zero-order valence-corrected chi connectivity index (χ0v) is 19.4. The van der Waals surface area contributed by atoms with Gasteiger partial charge in [-0.25, -0.2) is 8.78 Å². The predicted molar refractivity (Wildman–Crippen MR) is 129 cm³/mol. The zero-order valence-electron chi connectivity index (χ0n) is 18.6. The Labute approximate surface area is 200 Å². The van der Waals surface area contributed by atoms with E-state index in [1.54, 1.807) is 28.5 Å². The Hall–Kier alpha value is -3.65. The molecule has 0 bridgehead atoms. The van der Waals surface area contributed by atoms with Crippen LogP contribution >= 0.6 is 11.3 Å². The molecule has 3 aromatic rings. The summed E-state index contributed by atoms with van der Waals surface area (Å²) in [7, 11) is 0. The van der Waals surface area contributed by atoms with Crippen LogP contribution in [0.15, 0.2) is 54.1 Å². The van der Waals surface area contributed by atoms with Gasteiger partial charge in [-0.1, -0.05) is 12.1 Å². The smallest absolute Gasteiger partial charge is 0.246 e. The van der Waals surface area contributed by atoms with E-state index in [4.69, 9.17) is 0 Å². The summed E-state index contributed by atoms with van der Waals surface area (Å²) < 4.78 is 27.6. The van der Waals surface area contributed by atoms with Crippen LogP contribution in [0.4, 0.5) is 8.78 Å². The maximum absolute atomic E-state index is 13.8. The van der Waals surface area contributed by atoms with E-state index in [2.05, 4.69) is 10.3 Å². The first-order valence-corrected chi connectivity index (χ1v) is 11.7. The monoisotopic (exact) mass is 479 g/mol. The second-order valence-electron chi connectivity index (χ2n) is 7.87. The molecule has 0 radical (unpaired) electrons. The third-order valence-electron chi connectivity index (χ3n) is 5.68. The summed E-state index contributed by atoms with van der Waals surface area (Å²) in [6, 6.07) is 7.44. The molecule has 0 unspecified atom stereocenters. The van der Waals surface area contributed by atoms with Gasteiger partial charge < -0.3 is 10.2 Å². The standard InChI is InChI=1S/C26H23F2N3O2S/c1-17-22(15-30-25(32)9-7-19-4-3-13-34-19)20-11-12-31(16-18(20)14-29-17)26(33)10-8-21-23(27)5-2-6-24(21)28/h2-10,13-14H,11-12,15-16H2,1H3,(H,30,32).